The summed E-state index contributed by atoms with van der Waals surface area (Å²) in [6, 6.07) is 1.92. The summed E-state index contributed by atoms with van der Waals surface area (Å²) in [6.45, 7) is 8.05. The van der Waals surface area contributed by atoms with E-state index in [0.29, 0.717) is 11.2 Å². The highest BCUT2D eigenvalue weighted by atomic mass is 19.1. The second-order valence-electron chi connectivity index (χ2n) is 8.06. The Kier molecular flexibility index (Phi) is 4.94. The van der Waals surface area contributed by atoms with E-state index < -0.39 is 5.83 Å². The van der Waals surface area contributed by atoms with Crippen LogP contribution in [0.2, 0.25) is 0 Å². The van der Waals surface area contributed by atoms with Gasteiger partial charge < -0.3 is 10.2 Å². The second-order valence-corrected chi connectivity index (χ2v) is 8.06. The van der Waals surface area contributed by atoms with E-state index in [4.69, 9.17) is 4.98 Å². The maximum atomic E-state index is 13.8. The van der Waals surface area contributed by atoms with Crippen LogP contribution in [0.4, 0.5) is 10.2 Å². The predicted octanol–water partition coefficient (Wildman–Crippen LogP) is 3.44. The monoisotopic (exact) mass is 396 g/mol. The summed E-state index contributed by atoms with van der Waals surface area (Å²) < 4.78 is 15.5. The van der Waals surface area contributed by atoms with Gasteiger partial charge in [-0.1, -0.05) is 0 Å². The fourth-order valence-corrected chi connectivity index (χ4v) is 3.79. The molecule has 8 heteroatoms. The van der Waals surface area contributed by atoms with Crippen LogP contribution in [0.5, 0.6) is 0 Å². The summed E-state index contributed by atoms with van der Waals surface area (Å²) in [6.07, 6.45) is 9.84. The molecule has 1 N–H and O–H groups in total. The van der Waals surface area contributed by atoms with Crippen LogP contribution in [0, 0.1) is 0 Å². The Labute approximate surface area is 169 Å². The summed E-state index contributed by atoms with van der Waals surface area (Å²) in [7, 11) is 0. The average molecular weight is 396 g/mol. The third kappa shape index (κ3) is 3.92. The molecule has 4 rings (SSSR count). The summed E-state index contributed by atoms with van der Waals surface area (Å²) in [5.74, 6) is 0.185. The molecule has 0 spiro atoms. The number of halogens is 1. The number of nitrogens with zero attached hydrogens (tertiary/aromatic N) is 5. The number of anilines is 1. The van der Waals surface area contributed by atoms with Crippen molar-refractivity contribution in [1.82, 2.24) is 19.9 Å². The zero-order valence-corrected chi connectivity index (χ0v) is 16.7. The highest BCUT2D eigenvalue weighted by Crippen LogP contribution is 2.35. The Morgan fingerprint density at radius 1 is 1.48 bits per heavy atom. The molecule has 1 saturated heterocycles. The molecule has 0 bridgehead atoms. The summed E-state index contributed by atoms with van der Waals surface area (Å²) in [5, 5.41) is 7.32. The molecule has 2 aromatic heterocycles. The molecule has 0 radical (unpaired) electrons. The smallest absolute Gasteiger partial charge is 0.257 e. The highest BCUT2D eigenvalue weighted by molar-refractivity contribution is 6.00. The largest absolute Gasteiger partial charge is 0.350 e. The highest BCUT2D eigenvalue weighted by Gasteiger charge is 2.39. The molecule has 152 valence electrons. The van der Waals surface area contributed by atoms with Crippen molar-refractivity contribution in [3.63, 3.8) is 0 Å². The van der Waals surface area contributed by atoms with Gasteiger partial charge >= 0.3 is 0 Å². The number of aromatic nitrogens is 3. The molecule has 3 heterocycles. The molecule has 1 atom stereocenters. The summed E-state index contributed by atoms with van der Waals surface area (Å²) in [4.78, 5) is 23.0. The molecule has 2 aliphatic rings. The van der Waals surface area contributed by atoms with Crippen LogP contribution in [0.1, 0.15) is 49.9 Å². The van der Waals surface area contributed by atoms with E-state index in [2.05, 4.69) is 27.0 Å². The van der Waals surface area contributed by atoms with Crippen molar-refractivity contribution >= 4 is 24.1 Å². The Balaban J connectivity index is 1.63. The first-order valence-electron chi connectivity index (χ1n) is 9.83. The molecule has 0 aromatic carbocycles. The lowest BCUT2D eigenvalue weighted by Gasteiger charge is -2.26. The number of carbonyl (C=O) groups is 1. The van der Waals surface area contributed by atoms with Gasteiger partial charge in [0, 0.05) is 18.3 Å². The van der Waals surface area contributed by atoms with Gasteiger partial charge in [-0.3, -0.25) is 9.79 Å². The molecular weight excluding hydrogens is 371 g/mol. The Bertz CT molecular complexity index is 1020. The minimum atomic E-state index is -0.420. The third-order valence-corrected chi connectivity index (χ3v) is 5.67. The van der Waals surface area contributed by atoms with Gasteiger partial charge in [0.2, 0.25) is 0 Å². The molecule has 2 aromatic rings. The number of amides is 1. The van der Waals surface area contributed by atoms with Crippen molar-refractivity contribution in [2.24, 2.45) is 4.99 Å². The minimum absolute atomic E-state index is 0.0412. The van der Waals surface area contributed by atoms with Gasteiger partial charge in [-0.25, -0.2) is 13.9 Å². The van der Waals surface area contributed by atoms with Crippen molar-refractivity contribution in [3.8, 4) is 0 Å². The van der Waals surface area contributed by atoms with Gasteiger partial charge in [-0.15, -0.1) is 0 Å². The number of nitrogens with one attached hydrogen (secondary N) is 1. The van der Waals surface area contributed by atoms with Crippen molar-refractivity contribution < 1.29 is 9.18 Å². The van der Waals surface area contributed by atoms with Gasteiger partial charge in [0.1, 0.15) is 17.2 Å². The van der Waals surface area contributed by atoms with Gasteiger partial charge in [0.25, 0.3) is 5.91 Å². The van der Waals surface area contributed by atoms with Crippen molar-refractivity contribution in [1.29, 1.82) is 0 Å². The molecule has 2 fully saturated rings. The van der Waals surface area contributed by atoms with E-state index >= 15 is 0 Å². The molecule has 1 unspecified atom stereocenters. The van der Waals surface area contributed by atoms with Gasteiger partial charge in [0.05, 0.1) is 18.4 Å². The topological polar surface area (TPSA) is 74.9 Å². The normalized spacial score (nSPS) is 21.5. The van der Waals surface area contributed by atoms with Crippen LogP contribution in [-0.2, 0) is 0 Å². The number of allylic oxidation sites excluding steroid dienone is 2. The molecule has 29 heavy (non-hydrogen) atoms. The van der Waals surface area contributed by atoms with E-state index in [1.165, 1.54) is 6.08 Å². The van der Waals surface area contributed by atoms with Crippen molar-refractivity contribution in [2.75, 3.05) is 11.4 Å². The van der Waals surface area contributed by atoms with E-state index in [9.17, 15) is 9.18 Å². The van der Waals surface area contributed by atoms with E-state index in [0.717, 1.165) is 49.8 Å². The minimum Gasteiger partial charge on any atom is -0.350 e. The number of hydrogen-bond acceptors (Lipinski definition) is 5. The van der Waals surface area contributed by atoms with Gasteiger partial charge in [0.15, 0.2) is 5.65 Å². The third-order valence-electron chi connectivity index (χ3n) is 5.67. The Morgan fingerprint density at radius 2 is 2.28 bits per heavy atom. The number of fused-ring (bicyclic) bond motifs is 1. The van der Waals surface area contributed by atoms with Crippen LogP contribution in [0.3, 0.4) is 0 Å². The SMILES string of the molecule is C=N/C=C(F)\C=C(/C)C1CCCN1c1ccn2ncc(C(=O)NC3(C)CC3)c2n1. The molecule has 1 aliphatic carbocycles. The van der Waals surface area contributed by atoms with Crippen LogP contribution in [-0.4, -0.2) is 45.3 Å². The zero-order chi connectivity index (χ0) is 20.6. The van der Waals surface area contributed by atoms with Crippen LogP contribution in [0.15, 0.2) is 47.1 Å². The van der Waals surface area contributed by atoms with E-state index in [1.807, 2.05) is 26.1 Å². The number of hydrogen-bond donors (Lipinski definition) is 1. The maximum Gasteiger partial charge on any atom is 0.257 e. The lowest BCUT2D eigenvalue weighted by Crippen LogP contribution is -2.34. The first-order valence-corrected chi connectivity index (χ1v) is 9.83. The fraction of sp³-hybridized carbons (Fsp3) is 0.429. The van der Waals surface area contributed by atoms with Crippen molar-refractivity contribution in [2.45, 2.75) is 51.1 Å². The van der Waals surface area contributed by atoms with E-state index in [1.54, 1.807) is 10.7 Å². The first-order chi connectivity index (χ1) is 13.9. The lowest BCUT2D eigenvalue weighted by molar-refractivity contribution is 0.0937. The second kappa shape index (κ2) is 7.42. The summed E-state index contributed by atoms with van der Waals surface area (Å²) >= 11 is 0. The van der Waals surface area contributed by atoms with Crippen LogP contribution < -0.4 is 10.2 Å². The lowest BCUT2D eigenvalue weighted by atomic mass is 10.1. The zero-order valence-electron chi connectivity index (χ0n) is 16.7. The van der Waals surface area contributed by atoms with Gasteiger partial charge in [-0.05, 0) is 64.0 Å². The number of aliphatic imine (C=N–C) groups is 1. The van der Waals surface area contributed by atoms with Gasteiger partial charge in [-0.2, -0.15) is 5.10 Å². The fourth-order valence-electron chi connectivity index (χ4n) is 3.79. The van der Waals surface area contributed by atoms with E-state index in [-0.39, 0.29) is 17.5 Å². The number of rotatable bonds is 6. The quantitative estimate of drug-likeness (QED) is 0.600. The standard InChI is InChI=1S/C21H25FN6O/c1-14(11-15(22)12-23-3)17-5-4-9-27(17)18-6-10-28-19(25-18)16(13-24-28)20(29)26-21(2)7-8-21/h6,10-13,17H,3-5,7-9H2,1-2H3,(H,26,29)/b14-11+,15-12+. The average Bonchev–Trinajstić information content (AvgIpc) is 3.11. The van der Waals surface area contributed by atoms with Crippen LogP contribution in [0.25, 0.3) is 5.65 Å². The van der Waals surface area contributed by atoms with Crippen molar-refractivity contribution in [3.05, 3.63) is 47.7 Å². The predicted molar refractivity (Wildman–Crippen MR) is 111 cm³/mol. The first kappa shape index (κ1) is 19.3. The van der Waals surface area contributed by atoms with Crippen LogP contribution >= 0.6 is 0 Å². The molecule has 1 saturated carbocycles. The molecule has 1 amide bonds. The summed E-state index contributed by atoms with van der Waals surface area (Å²) in [5.41, 5.74) is 1.78. The maximum absolute atomic E-state index is 13.8. The molecule has 7 nitrogen and oxygen atoms in total. The number of carbonyl (C=O) groups excluding carboxylic acids is 1. The Hall–Kier alpha value is -3.03. The Morgan fingerprint density at radius 3 is 3.00 bits per heavy atom. The molecular formula is C21H25FN6O. The molecule has 1 aliphatic heterocycles.